The summed E-state index contributed by atoms with van der Waals surface area (Å²) in [6, 6.07) is 2.27. The van der Waals surface area contributed by atoms with Gasteiger partial charge in [0, 0.05) is 11.0 Å². The van der Waals surface area contributed by atoms with Crippen molar-refractivity contribution in [3.05, 3.63) is 28.2 Å². The molecule has 1 aliphatic rings. The van der Waals surface area contributed by atoms with E-state index in [1.54, 1.807) is 0 Å². The molecule has 1 atom stereocenters. The van der Waals surface area contributed by atoms with Crippen LogP contribution in [0.2, 0.25) is 0 Å². The molecule has 1 unspecified atom stereocenters. The maximum absolute atomic E-state index is 13.5. The van der Waals surface area contributed by atoms with Gasteiger partial charge in [-0.25, -0.2) is 8.78 Å². The zero-order valence-electron chi connectivity index (χ0n) is 11.1. The first kappa shape index (κ1) is 15.7. The molecular formula is C14H18BrF2NO2. The monoisotopic (exact) mass is 349 g/mol. The number of halogens is 3. The number of likely N-dealkylation sites (tertiary alicyclic amines) is 1. The number of β-amino-alcohol motifs (C(OH)–C–C–N with tert-alkyl or cyclic N) is 1. The Kier molecular flexibility index (Phi) is 5.74. The molecule has 1 saturated heterocycles. The van der Waals surface area contributed by atoms with Crippen molar-refractivity contribution >= 4 is 15.9 Å². The third-order valence-electron chi connectivity index (χ3n) is 3.30. The fraction of sp³-hybridized carbons (Fsp3) is 0.571. The topological polar surface area (TPSA) is 32.7 Å². The standard InChI is InChI=1S/C14H18BrF2NO2/c15-10-6-12(16)14(13(17)7-10)20-9-11(19)8-18-4-2-1-3-5-18/h6-7,11,19H,1-5,8-9H2. The predicted molar refractivity (Wildman–Crippen MR) is 75.9 cm³/mol. The zero-order valence-corrected chi connectivity index (χ0v) is 12.7. The highest BCUT2D eigenvalue weighted by Crippen LogP contribution is 2.26. The van der Waals surface area contributed by atoms with Crippen molar-refractivity contribution in [2.24, 2.45) is 0 Å². The van der Waals surface area contributed by atoms with Crippen molar-refractivity contribution in [1.82, 2.24) is 4.90 Å². The van der Waals surface area contributed by atoms with Crippen LogP contribution in [0.25, 0.3) is 0 Å². The molecule has 3 nitrogen and oxygen atoms in total. The second-order valence-electron chi connectivity index (χ2n) is 5.02. The van der Waals surface area contributed by atoms with Crippen LogP contribution in [0.3, 0.4) is 0 Å². The Morgan fingerprint density at radius 3 is 2.40 bits per heavy atom. The van der Waals surface area contributed by atoms with E-state index in [-0.39, 0.29) is 6.61 Å². The predicted octanol–water partition coefficient (Wildman–Crippen LogP) is 2.95. The molecule has 0 radical (unpaired) electrons. The van der Waals surface area contributed by atoms with Gasteiger partial charge in [0.1, 0.15) is 12.7 Å². The van der Waals surface area contributed by atoms with E-state index in [0.29, 0.717) is 11.0 Å². The van der Waals surface area contributed by atoms with Crippen molar-refractivity contribution in [3.63, 3.8) is 0 Å². The van der Waals surface area contributed by atoms with Crippen molar-refractivity contribution in [2.75, 3.05) is 26.2 Å². The Labute approximate surface area is 125 Å². The smallest absolute Gasteiger partial charge is 0.190 e. The van der Waals surface area contributed by atoms with E-state index in [0.717, 1.165) is 38.1 Å². The minimum Gasteiger partial charge on any atom is -0.485 e. The quantitative estimate of drug-likeness (QED) is 0.886. The van der Waals surface area contributed by atoms with Crippen LogP contribution >= 0.6 is 15.9 Å². The first-order valence-corrected chi connectivity index (χ1v) is 7.53. The van der Waals surface area contributed by atoms with Crippen LogP contribution in [-0.2, 0) is 0 Å². The number of aliphatic hydroxyl groups excluding tert-OH is 1. The molecule has 20 heavy (non-hydrogen) atoms. The van der Waals surface area contributed by atoms with Gasteiger partial charge >= 0.3 is 0 Å². The Balaban J connectivity index is 1.85. The second kappa shape index (κ2) is 7.33. The maximum atomic E-state index is 13.5. The minimum absolute atomic E-state index is 0.119. The summed E-state index contributed by atoms with van der Waals surface area (Å²) in [4.78, 5) is 2.14. The van der Waals surface area contributed by atoms with Gasteiger partial charge in [-0.2, -0.15) is 0 Å². The Morgan fingerprint density at radius 1 is 1.20 bits per heavy atom. The van der Waals surface area contributed by atoms with Crippen LogP contribution in [0.5, 0.6) is 5.75 Å². The summed E-state index contributed by atoms with van der Waals surface area (Å²) in [5, 5.41) is 9.88. The molecule has 1 heterocycles. The lowest BCUT2D eigenvalue weighted by molar-refractivity contribution is 0.0590. The molecule has 0 spiro atoms. The number of rotatable bonds is 5. The van der Waals surface area contributed by atoms with Gasteiger partial charge in [0.05, 0.1) is 0 Å². The average molecular weight is 350 g/mol. The number of ether oxygens (including phenoxy) is 1. The fourth-order valence-electron chi connectivity index (χ4n) is 2.34. The summed E-state index contributed by atoms with van der Waals surface area (Å²) in [6.45, 7) is 2.27. The molecule has 1 aromatic carbocycles. The maximum Gasteiger partial charge on any atom is 0.190 e. The molecule has 0 bridgehead atoms. The number of nitrogens with zero attached hydrogens (tertiary/aromatic N) is 1. The highest BCUT2D eigenvalue weighted by atomic mass is 79.9. The van der Waals surface area contributed by atoms with Crippen molar-refractivity contribution in [3.8, 4) is 5.75 Å². The van der Waals surface area contributed by atoms with E-state index >= 15 is 0 Å². The Morgan fingerprint density at radius 2 is 1.80 bits per heavy atom. The number of piperidine rings is 1. The molecule has 112 valence electrons. The van der Waals surface area contributed by atoms with Gasteiger partial charge in [0.15, 0.2) is 17.4 Å². The molecule has 0 saturated carbocycles. The number of hydrogen-bond acceptors (Lipinski definition) is 3. The van der Waals surface area contributed by atoms with Gasteiger partial charge in [0.25, 0.3) is 0 Å². The normalized spacial score (nSPS) is 18.0. The van der Waals surface area contributed by atoms with Crippen LogP contribution in [-0.4, -0.2) is 42.4 Å². The van der Waals surface area contributed by atoms with Crippen LogP contribution in [0.1, 0.15) is 19.3 Å². The summed E-state index contributed by atoms with van der Waals surface area (Å²) in [5.41, 5.74) is 0. The third-order valence-corrected chi connectivity index (χ3v) is 3.76. The minimum atomic E-state index is -0.776. The first-order valence-electron chi connectivity index (χ1n) is 6.74. The van der Waals surface area contributed by atoms with Gasteiger partial charge in [-0.1, -0.05) is 22.4 Å². The number of aliphatic hydroxyl groups is 1. The van der Waals surface area contributed by atoms with Crippen LogP contribution in [0.15, 0.2) is 16.6 Å². The highest BCUT2D eigenvalue weighted by Gasteiger charge is 2.17. The second-order valence-corrected chi connectivity index (χ2v) is 5.94. The highest BCUT2D eigenvalue weighted by molar-refractivity contribution is 9.10. The molecule has 2 rings (SSSR count). The third kappa shape index (κ3) is 4.40. The van der Waals surface area contributed by atoms with E-state index in [4.69, 9.17) is 4.74 Å². The van der Waals surface area contributed by atoms with Crippen molar-refractivity contribution in [2.45, 2.75) is 25.4 Å². The average Bonchev–Trinajstić information content (AvgIpc) is 2.38. The summed E-state index contributed by atoms with van der Waals surface area (Å²) >= 11 is 3.00. The molecule has 1 fully saturated rings. The lowest BCUT2D eigenvalue weighted by atomic mass is 10.1. The first-order chi connectivity index (χ1) is 9.56. The van der Waals surface area contributed by atoms with E-state index in [1.165, 1.54) is 6.42 Å². The lowest BCUT2D eigenvalue weighted by Crippen LogP contribution is -2.38. The summed E-state index contributed by atoms with van der Waals surface area (Å²) in [7, 11) is 0. The molecule has 0 aliphatic carbocycles. The fourth-order valence-corrected chi connectivity index (χ4v) is 2.74. The van der Waals surface area contributed by atoms with Gasteiger partial charge in [-0.3, -0.25) is 0 Å². The molecule has 1 aliphatic heterocycles. The molecule has 1 N–H and O–H groups in total. The van der Waals surface area contributed by atoms with Gasteiger partial charge in [-0.05, 0) is 38.1 Å². The molecule has 6 heteroatoms. The molecule has 0 aromatic heterocycles. The Bertz CT molecular complexity index is 430. The largest absolute Gasteiger partial charge is 0.485 e. The van der Waals surface area contributed by atoms with E-state index in [1.807, 2.05) is 0 Å². The van der Waals surface area contributed by atoms with E-state index < -0.39 is 23.5 Å². The van der Waals surface area contributed by atoms with Crippen LogP contribution < -0.4 is 4.74 Å². The summed E-state index contributed by atoms with van der Waals surface area (Å²) in [6.07, 6.45) is 2.72. The zero-order chi connectivity index (χ0) is 14.5. The number of benzene rings is 1. The SMILES string of the molecule is OC(COc1c(F)cc(Br)cc1F)CN1CCCCC1. The van der Waals surface area contributed by atoms with E-state index in [9.17, 15) is 13.9 Å². The molecular weight excluding hydrogens is 332 g/mol. The number of hydrogen-bond donors (Lipinski definition) is 1. The van der Waals surface area contributed by atoms with Gasteiger partial charge in [0.2, 0.25) is 0 Å². The van der Waals surface area contributed by atoms with Crippen LogP contribution in [0, 0.1) is 11.6 Å². The molecule has 0 amide bonds. The van der Waals surface area contributed by atoms with Gasteiger partial charge < -0.3 is 14.7 Å². The molecule has 1 aromatic rings. The van der Waals surface area contributed by atoms with Crippen LogP contribution in [0.4, 0.5) is 8.78 Å². The summed E-state index contributed by atoms with van der Waals surface area (Å²) in [5.74, 6) is -1.99. The summed E-state index contributed by atoms with van der Waals surface area (Å²) < 4.78 is 32.5. The van der Waals surface area contributed by atoms with Crippen molar-refractivity contribution < 1.29 is 18.6 Å². The Hall–Kier alpha value is -0.720. The van der Waals surface area contributed by atoms with Crippen molar-refractivity contribution in [1.29, 1.82) is 0 Å². The lowest BCUT2D eigenvalue weighted by Gasteiger charge is -2.28. The van der Waals surface area contributed by atoms with E-state index in [2.05, 4.69) is 20.8 Å². The van der Waals surface area contributed by atoms with Gasteiger partial charge in [-0.15, -0.1) is 0 Å².